The molecule has 0 saturated carbocycles. The standard InChI is InChI=1S/C10H19F4N2O3P/c1-6-18-20(17,19-7-2)9(3,4)16(5)8(11)15-10(12,13)14/h6-7H2,1-5H3/b15-8-. The van der Waals surface area contributed by atoms with Crippen molar-refractivity contribution >= 4 is 13.7 Å². The zero-order chi connectivity index (χ0) is 16.2. The van der Waals surface area contributed by atoms with Crippen LogP contribution in [0.3, 0.4) is 0 Å². The minimum Gasteiger partial charge on any atom is -0.319 e. The van der Waals surface area contributed by atoms with Gasteiger partial charge in [-0.1, -0.05) is 0 Å². The van der Waals surface area contributed by atoms with Crippen molar-refractivity contribution in [3.63, 3.8) is 0 Å². The van der Waals surface area contributed by atoms with Gasteiger partial charge < -0.3 is 13.9 Å². The van der Waals surface area contributed by atoms with E-state index in [0.717, 1.165) is 7.05 Å². The highest BCUT2D eigenvalue weighted by Gasteiger charge is 2.48. The van der Waals surface area contributed by atoms with E-state index in [2.05, 4.69) is 0 Å². The number of aliphatic imine (C=N–C) groups is 1. The maximum Gasteiger partial charge on any atom is 0.506 e. The molecule has 0 saturated heterocycles. The minimum atomic E-state index is -5.06. The predicted octanol–water partition coefficient (Wildman–Crippen LogP) is 3.77. The number of nitrogens with zero attached hydrogens (tertiary/aromatic N) is 2. The maximum absolute atomic E-state index is 13.5. The van der Waals surface area contributed by atoms with Gasteiger partial charge in [0.1, 0.15) is 5.28 Å². The summed E-state index contributed by atoms with van der Waals surface area (Å²) in [6.07, 6.45) is -6.88. The van der Waals surface area contributed by atoms with Gasteiger partial charge in [0.25, 0.3) is 6.09 Å². The van der Waals surface area contributed by atoms with Crippen LogP contribution >= 0.6 is 7.60 Å². The summed E-state index contributed by atoms with van der Waals surface area (Å²) in [6, 6.07) is 0. The summed E-state index contributed by atoms with van der Waals surface area (Å²) >= 11 is 0. The molecule has 0 spiro atoms. The number of hydrogen-bond acceptors (Lipinski definition) is 4. The van der Waals surface area contributed by atoms with E-state index in [1.54, 1.807) is 13.8 Å². The highest BCUT2D eigenvalue weighted by molar-refractivity contribution is 7.55. The van der Waals surface area contributed by atoms with E-state index < -0.39 is 25.3 Å². The van der Waals surface area contributed by atoms with Crippen LogP contribution < -0.4 is 0 Å². The van der Waals surface area contributed by atoms with Gasteiger partial charge in [0.05, 0.1) is 13.2 Å². The largest absolute Gasteiger partial charge is 0.506 e. The number of halogens is 4. The Morgan fingerprint density at radius 1 is 1.20 bits per heavy atom. The maximum atomic E-state index is 13.5. The minimum absolute atomic E-state index is 0.00653. The van der Waals surface area contributed by atoms with Gasteiger partial charge in [0.2, 0.25) is 0 Å². The van der Waals surface area contributed by atoms with Crippen molar-refractivity contribution in [3.8, 4) is 0 Å². The molecule has 0 amide bonds. The monoisotopic (exact) mass is 322 g/mol. The molecule has 0 unspecified atom stereocenters. The van der Waals surface area contributed by atoms with Gasteiger partial charge in [-0.15, -0.1) is 18.2 Å². The van der Waals surface area contributed by atoms with E-state index in [0.29, 0.717) is 4.90 Å². The van der Waals surface area contributed by atoms with Crippen LogP contribution in [0.1, 0.15) is 27.7 Å². The first-order chi connectivity index (χ1) is 8.91. The molecule has 0 aliphatic carbocycles. The van der Waals surface area contributed by atoms with Crippen molar-refractivity contribution < 1.29 is 31.2 Å². The van der Waals surface area contributed by atoms with E-state index in [4.69, 9.17) is 9.05 Å². The Hall–Kier alpha value is -0.660. The van der Waals surface area contributed by atoms with E-state index in [1.165, 1.54) is 13.8 Å². The average molecular weight is 322 g/mol. The lowest BCUT2D eigenvalue weighted by molar-refractivity contribution is -0.121. The first kappa shape index (κ1) is 19.3. The molecule has 0 aliphatic heterocycles. The molecule has 0 heterocycles. The van der Waals surface area contributed by atoms with Crippen molar-refractivity contribution in [1.29, 1.82) is 0 Å². The number of amidine groups is 1. The lowest BCUT2D eigenvalue weighted by atomic mass is 10.3. The third-order valence-corrected chi connectivity index (χ3v) is 5.42. The Kier molecular flexibility index (Phi) is 6.64. The van der Waals surface area contributed by atoms with Crippen molar-refractivity contribution in [1.82, 2.24) is 4.90 Å². The zero-order valence-corrected chi connectivity index (χ0v) is 12.9. The first-order valence-electron chi connectivity index (χ1n) is 5.86. The second kappa shape index (κ2) is 6.87. The molecule has 0 aromatic carbocycles. The summed E-state index contributed by atoms with van der Waals surface area (Å²) in [4.78, 5) is 2.45. The normalized spacial score (nSPS) is 14.6. The second-order valence-electron chi connectivity index (χ2n) is 4.24. The molecular formula is C10H19F4N2O3P. The number of alkyl halides is 3. The van der Waals surface area contributed by atoms with Crippen LogP contribution in [0.25, 0.3) is 0 Å². The Bertz CT molecular complexity index is 388. The summed E-state index contributed by atoms with van der Waals surface area (Å²) in [5.74, 6) is 0. The fourth-order valence-electron chi connectivity index (χ4n) is 1.28. The van der Waals surface area contributed by atoms with Gasteiger partial charge in [0.15, 0.2) is 0 Å². The van der Waals surface area contributed by atoms with Gasteiger partial charge in [-0.25, -0.2) is 0 Å². The summed E-state index contributed by atoms with van der Waals surface area (Å²) in [7, 11) is -2.86. The van der Waals surface area contributed by atoms with Crippen LogP contribution in [0.5, 0.6) is 0 Å². The Labute approximate surface area is 115 Å². The van der Waals surface area contributed by atoms with E-state index in [-0.39, 0.29) is 13.2 Å². The molecule has 0 aromatic heterocycles. The van der Waals surface area contributed by atoms with Crippen molar-refractivity contribution in [2.45, 2.75) is 39.3 Å². The van der Waals surface area contributed by atoms with Crippen LogP contribution in [0.15, 0.2) is 4.99 Å². The molecule has 0 rings (SSSR count). The smallest absolute Gasteiger partial charge is 0.319 e. The van der Waals surface area contributed by atoms with E-state index in [9.17, 15) is 22.1 Å². The molecule has 120 valence electrons. The second-order valence-corrected chi connectivity index (χ2v) is 6.84. The van der Waals surface area contributed by atoms with Crippen molar-refractivity contribution in [2.75, 3.05) is 20.3 Å². The van der Waals surface area contributed by atoms with E-state index >= 15 is 0 Å². The molecule has 0 radical (unpaired) electrons. The molecule has 20 heavy (non-hydrogen) atoms. The lowest BCUT2D eigenvalue weighted by Gasteiger charge is -2.39. The first-order valence-corrected chi connectivity index (χ1v) is 7.40. The number of hydrogen-bond donors (Lipinski definition) is 0. The fraction of sp³-hybridized carbons (Fsp3) is 0.900. The molecule has 0 fully saturated rings. The van der Waals surface area contributed by atoms with Crippen LogP contribution in [0, 0.1) is 0 Å². The van der Waals surface area contributed by atoms with Gasteiger partial charge in [-0.3, -0.25) is 4.57 Å². The van der Waals surface area contributed by atoms with E-state index in [1.807, 2.05) is 4.99 Å². The van der Waals surface area contributed by atoms with Crippen LogP contribution in [0.4, 0.5) is 17.6 Å². The fourth-order valence-corrected chi connectivity index (χ4v) is 3.12. The van der Waals surface area contributed by atoms with Crippen LogP contribution in [-0.2, 0) is 13.6 Å². The Balaban J connectivity index is 5.48. The van der Waals surface area contributed by atoms with Crippen molar-refractivity contribution in [2.24, 2.45) is 4.99 Å². The lowest BCUT2D eigenvalue weighted by Crippen LogP contribution is -2.44. The third kappa shape index (κ3) is 4.71. The summed E-state index contributed by atoms with van der Waals surface area (Å²) in [6.45, 7) is 5.61. The van der Waals surface area contributed by atoms with Gasteiger partial charge in [-0.2, -0.15) is 4.39 Å². The Morgan fingerprint density at radius 2 is 1.60 bits per heavy atom. The molecular weight excluding hydrogens is 303 g/mol. The SMILES string of the molecule is CCOP(=O)(OCC)C(C)(C)N(C)/C(F)=N\C(F)(F)F. The Morgan fingerprint density at radius 3 is 1.90 bits per heavy atom. The predicted molar refractivity (Wildman–Crippen MR) is 67.3 cm³/mol. The van der Waals surface area contributed by atoms with Crippen LogP contribution in [0.2, 0.25) is 0 Å². The highest BCUT2D eigenvalue weighted by Crippen LogP contribution is 2.60. The zero-order valence-electron chi connectivity index (χ0n) is 12.0. The summed E-state index contributed by atoms with van der Waals surface area (Å²) in [5.41, 5.74) is 0. The number of rotatable bonds is 6. The molecule has 5 nitrogen and oxygen atoms in total. The van der Waals surface area contributed by atoms with Gasteiger partial charge >= 0.3 is 13.9 Å². The highest BCUT2D eigenvalue weighted by atomic mass is 31.2. The van der Waals surface area contributed by atoms with Gasteiger partial charge in [-0.05, 0) is 27.7 Å². The molecule has 0 aliphatic rings. The molecule has 0 N–H and O–H groups in total. The summed E-state index contributed by atoms with van der Waals surface area (Å²) in [5, 5.41) is -1.65. The van der Waals surface area contributed by atoms with Gasteiger partial charge in [0, 0.05) is 7.05 Å². The quantitative estimate of drug-likeness (QED) is 0.246. The third-order valence-electron chi connectivity index (χ3n) is 2.58. The molecule has 10 heteroatoms. The van der Waals surface area contributed by atoms with Crippen molar-refractivity contribution in [3.05, 3.63) is 0 Å². The van der Waals surface area contributed by atoms with Crippen LogP contribution in [-0.4, -0.2) is 42.8 Å². The molecule has 0 bridgehead atoms. The molecule has 0 atom stereocenters. The topological polar surface area (TPSA) is 51.1 Å². The molecule has 0 aromatic rings. The average Bonchev–Trinajstić information content (AvgIpc) is 2.26. The summed E-state index contributed by atoms with van der Waals surface area (Å²) < 4.78 is 72.3.